The minimum Gasteiger partial charge on any atom is -0.396 e. The Hall–Kier alpha value is -1.14. The quantitative estimate of drug-likeness (QED) is 0.795. The summed E-state index contributed by atoms with van der Waals surface area (Å²) in [5, 5.41) is 0.349. The van der Waals surface area contributed by atoms with E-state index in [0.717, 1.165) is 5.56 Å². The van der Waals surface area contributed by atoms with Crippen molar-refractivity contribution in [3.63, 3.8) is 0 Å². The Kier molecular flexibility index (Phi) is 4.58. The number of sulfonamides is 1. The van der Waals surface area contributed by atoms with E-state index < -0.39 is 10.0 Å². The molecule has 2 aromatic carbocycles. The summed E-state index contributed by atoms with van der Waals surface area (Å²) in [7, 11) is -3.92. The lowest BCUT2D eigenvalue weighted by Gasteiger charge is -2.12. The maximum absolute atomic E-state index is 12.4. The van der Waals surface area contributed by atoms with Crippen LogP contribution in [0.1, 0.15) is 5.56 Å². The molecule has 21 heavy (non-hydrogen) atoms. The topological polar surface area (TPSA) is 72.2 Å². The second-order valence-corrected chi connectivity index (χ2v) is 7.21. The lowest BCUT2D eigenvalue weighted by atomic mass is 10.2. The van der Waals surface area contributed by atoms with Crippen LogP contribution >= 0.6 is 34.8 Å². The number of hydrogen-bond acceptors (Lipinski definition) is 3. The summed E-state index contributed by atoms with van der Waals surface area (Å²) in [6, 6.07) is 7.61. The number of hydrogen-bond donors (Lipinski definition) is 2. The van der Waals surface area contributed by atoms with Gasteiger partial charge in [-0.1, -0.05) is 40.9 Å². The molecule has 0 aromatic heterocycles. The summed E-state index contributed by atoms with van der Waals surface area (Å²) >= 11 is 17.8. The first-order valence-electron chi connectivity index (χ1n) is 5.75. The highest BCUT2D eigenvalue weighted by Crippen LogP contribution is 2.34. The summed E-state index contributed by atoms with van der Waals surface area (Å²) < 4.78 is 27.1. The molecule has 0 atom stereocenters. The molecular formula is C13H11Cl3N2O2S. The van der Waals surface area contributed by atoms with Crippen LogP contribution in [0.25, 0.3) is 0 Å². The Bertz CT molecular complexity index is 807. The van der Waals surface area contributed by atoms with Crippen LogP contribution in [-0.2, 0) is 10.0 Å². The molecule has 0 fully saturated rings. The number of rotatable bonds is 3. The van der Waals surface area contributed by atoms with Crippen molar-refractivity contribution in [1.29, 1.82) is 0 Å². The molecule has 0 aliphatic carbocycles. The van der Waals surface area contributed by atoms with Crippen molar-refractivity contribution < 1.29 is 8.42 Å². The minimum atomic E-state index is -3.92. The Morgan fingerprint density at radius 2 is 1.71 bits per heavy atom. The summed E-state index contributed by atoms with van der Waals surface area (Å²) in [5.41, 5.74) is 6.82. The first-order chi connectivity index (χ1) is 9.72. The van der Waals surface area contributed by atoms with Gasteiger partial charge in [0.15, 0.2) is 0 Å². The zero-order valence-corrected chi connectivity index (χ0v) is 13.9. The molecule has 0 unspecified atom stereocenters. The van der Waals surface area contributed by atoms with Crippen molar-refractivity contribution in [1.82, 2.24) is 0 Å². The molecule has 0 saturated carbocycles. The average Bonchev–Trinajstić information content (AvgIpc) is 2.39. The lowest BCUT2D eigenvalue weighted by molar-refractivity contribution is 0.601. The van der Waals surface area contributed by atoms with Gasteiger partial charge in [-0.15, -0.1) is 0 Å². The SMILES string of the molecule is Cc1ccc(NS(=O)(=O)c2ccc(Cl)c(N)c2Cl)c(Cl)c1. The highest BCUT2D eigenvalue weighted by atomic mass is 35.5. The third-order valence-electron chi connectivity index (χ3n) is 2.75. The maximum atomic E-state index is 12.4. The van der Waals surface area contributed by atoms with Crippen LogP contribution in [0.2, 0.25) is 15.1 Å². The zero-order valence-electron chi connectivity index (χ0n) is 10.8. The fourth-order valence-electron chi connectivity index (χ4n) is 1.66. The van der Waals surface area contributed by atoms with Gasteiger partial charge in [-0.3, -0.25) is 4.72 Å². The predicted octanol–water partition coefficient (Wildman–Crippen LogP) is 4.34. The standard InChI is InChI=1S/C13H11Cl3N2O2S/c1-7-2-4-10(9(15)6-7)18-21(19,20)11-5-3-8(14)13(17)12(11)16/h2-6,18H,17H2,1H3. The van der Waals surface area contributed by atoms with E-state index in [4.69, 9.17) is 40.5 Å². The number of anilines is 2. The highest BCUT2D eigenvalue weighted by Gasteiger charge is 2.21. The molecule has 0 heterocycles. The molecule has 0 radical (unpaired) electrons. The third-order valence-corrected chi connectivity index (χ3v) is 5.32. The van der Waals surface area contributed by atoms with E-state index in [2.05, 4.69) is 4.72 Å². The normalized spacial score (nSPS) is 11.4. The van der Waals surface area contributed by atoms with E-state index in [1.807, 2.05) is 6.92 Å². The molecule has 0 aliphatic heterocycles. The number of nitrogen functional groups attached to an aromatic ring is 1. The molecule has 2 rings (SSSR count). The molecule has 112 valence electrons. The Balaban J connectivity index is 2.46. The highest BCUT2D eigenvalue weighted by molar-refractivity contribution is 7.92. The fourth-order valence-corrected chi connectivity index (χ4v) is 3.84. The average molecular weight is 366 g/mol. The van der Waals surface area contributed by atoms with Gasteiger partial charge in [0, 0.05) is 0 Å². The summed E-state index contributed by atoms with van der Waals surface area (Å²) in [6.45, 7) is 1.85. The van der Waals surface area contributed by atoms with Crippen LogP contribution in [-0.4, -0.2) is 8.42 Å². The molecule has 8 heteroatoms. The van der Waals surface area contributed by atoms with Crippen molar-refractivity contribution in [2.45, 2.75) is 11.8 Å². The van der Waals surface area contributed by atoms with Crippen LogP contribution in [0, 0.1) is 6.92 Å². The van der Waals surface area contributed by atoms with Crippen LogP contribution < -0.4 is 10.5 Å². The minimum absolute atomic E-state index is 0.0104. The summed E-state index contributed by atoms with van der Waals surface area (Å²) in [5.74, 6) is 0. The van der Waals surface area contributed by atoms with Crippen LogP contribution in [0.3, 0.4) is 0 Å². The summed E-state index contributed by atoms with van der Waals surface area (Å²) in [6.07, 6.45) is 0. The first-order valence-corrected chi connectivity index (χ1v) is 8.36. The Morgan fingerprint density at radius 1 is 1.05 bits per heavy atom. The van der Waals surface area contributed by atoms with E-state index in [1.165, 1.54) is 12.1 Å². The zero-order chi connectivity index (χ0) is 15.8. The van der Waals surface area contributed by atoms with Gasteiger partial charge < -0.3 is 5.73 Å². The van der Waals surface area contributed by atoms with E-state index in [9.17, 15) is 8.42 Å². The molecule has 0 amide bonds. The molecule has 0 saturated heterocycles. The summed E-state index contributed by atoms with van der Waals surface area (Å²) in [4.78, 5) is -0.164. The van der Waals surface area contributed by atoms with Gasteiger partial charge in [0.05, 0.1) is 26.4 Å². The van der Waals surface area contributed by atoms with Gasteiger partial charge in [-0.2, -0.15) is 0 Å². The number of benzene rings is 2. The van der Waals surface area contributed by atoms with Gasteiger partial charge in [0.2, 0.25) is 0 Å². The second kappa shape index (κ2) is 5.93. The third kappa shape index (κ3) is 3.37. The van der Waals surface area contributed by atoms with Gasteiger partial charge in [-0.05, 0) is 36.8 Å². The van der Waals surface area contributed by atoms with E-state index >= 15 is 0 Å². The number of halogens is 3. The van der Waals surface area contributed by atoms with Crippen LogP contribution in [0.5, 0.6) is 0 Å². The molecular weight excluding hydrogens is 355 g/mol. The number of aryl methyl sites for hydroxylation is 1. The van der Waals surface area contributed by atoms with E-state index in [1.54, 1.807) is 18.2 Å². The van der Waals surface area contributed by atoms with Gasteiger partial charge in [0.25, 0.3) is 10.0 Å². The van der Waals surface area contributed by atoms with Crippen molar-refractivity contribution in [3.8, 4) is 0 Å². The first kappa shape index (κ1) is 16.2. The monoisotopic (exact) mass is 364 g/mol. The molecule has 0 spiro atoms. The van der Waals surface area contributed by atoms with Crippen LogP contribution in [0.15, 0.2) is 35.2 Å². The number of nitrogens with one attached hydrogen (secondary N) is 1. The molecule has 3 N–H and O–H groups in total. The van der Waals surface area contributed by atoms with Crippen molar-refractivity contribution in [2.24, 2.45) is 0 Å². The molecule has 4 nitrogen and oxygen atoms in total. The van der Waals surface area contributed by atoms with Crippen molar-refractivity contribution >= 4 is 56.2 Å². The Morgan fingerprint density at radius 3 is 2.33 bits per heavy atom. The van der Waals surface area contributed by atoms with Gasteiger partial charge in [0.1, 0.15) is 4.90 Å². The number of nitrogens with two attached hydrogens (primary N) is 1. The lowest BCUT2D eigenvalue weighted by Crippen LogP contribution is -2.14. The van der Waals surface area contributed by atoms with E-state index in [-0.39, 0.29) is 31.3 Å². The molecule has 0 bridgehead atoms. The van der Waals surface area contributed by atoms with Crippen LogP contribution in [0.4, 0.5) is 11.4 Å². The van der Waals surface area contributed by atoms with Crippen molar-refractivity contribution in [3.05, 3.63) is 51.0 Å². The smallest absolute Gasteiger partial charge is 0.263 e. The van der Waals surface area contributed by atoms with Gasteiger partial charge >= 0.3 is 0 Å². The largest absolute Gasteiger partial charge is 0.396 e. The van der Waals surface area contributed by atoms with E-state index in [0.29, 0.717) is 0 Å². The Labute approximate surface area is 137 Å². The second-order valence-electron chi connectivity index (χ2n) is 4.36. The fraction of sp³-hybridized carbons (Fsp3) is 0.0769. The van der Waals surface area contributed by atoms with Crippen molar-refractivity contribution in [2.75, 3.05) is 10.5 Å². The predicted molar refractivity (Wildman–Crippen MR) is 87.9 cm³/mol. The molecule has 0 aliphatic rings. The maximum Gasteiger partial charge on any atom is 0.263 e. The molecule has 2 aromatic rings. The van der Waals surface area contributed by atoms with Gasteiger partial charge in [-0.25, -0.2) is 8.42 Å².